The van der Waals surface area contributed by atoms with Crippen molar-refractivity contribution in [3.8, 4) is 23.5 Å². The number of hydrogen-bond donors (Lipinski definition) is 2. The molecule has 1 aliphatic carbocycles. The maximum atomic E-state index is 14.2. The van der Waals surface area contributed by atoms with Gasteiger partial charge in [-0.1, -0.05) is 120 Å². The molecule has 3 aromatic carbocycles. The maximum Gasteiger partial charge on any atom is 0.271 e. The predicted molar refractivity (Wildman–Crippen MR) is 227 cm³/mol. The SMILES string of the molecule is C#Cc1cc(/C(C)=C\C)ccc1NC(=C)/C=C/CC.CC.CC1CCCCC1.CNCC(C)=Nc1cc(-c2cccc(C)c2)c(C(C)(F)F)cc1C. The lowest BCUT2D eigenvalue weighted by atomic mass is 9.91. The number of halogens is 2. The first-order valence-corrected chi connectivity index (χ1v) is 18.9. The van der Waals surface area contributed by atoms with Crippen LogP contribution in [0.4, 0.5) is 20.2 Å². The van der Waals surface area contributed by atoms with Crippen LogP contribution >= 0.6 is 0 Å². The molecule has 0 saturated heterocycles. The van der Waals surface area contributed by atoms with E-state index < -0.39 is 5.92 Å². The molecule has 4 rings (SSSR count). The van der Waals surface area contributed by atoms with Gasteiger partial charge in [-0.3, -0.25) is 4.99 Å². The summed E-state index contributed by atoms with van der Waals surface area (Å²) in [7, 11) is 1.85. The molecule has 0 amide bonds. The molecule has 0 unspecified atom stereocenters. The minimum atomic E-state index is -2.91. The monoisotopic (exact) mass is 710 g/mol. The Bertz CT molecular complexity index is 1680. The van der Waals surface area contributed by atoms with Crippen LogP contribution < -0.4 is 10.6 Å². The lowest BCUT2D eigenvalue weighted by molar-refractivity contribution is 0.0180. The van der Waals surface area contributed by atoms with Crippen molar-refractivity contribution in [1.82, 2.24) is 5.32 Å². The molecule has 0 atom stereocenters. The van der Waals surface area contributed by atoms with Gasteiger partial charge in [0, 0.05) is 36.0 Å². The Labute approximate surface area is 315 Å². The highest BCUT2D eigenvalue weighted by Crippen LogP contribution is 2.39. The van der Waals surface area contributed by atoms with Crippen molar-refractivity contribution in [3.05, 3.63) is 113 Å². The number of nitrogens with zero attached hydrogens (tertiary/aromatic N) is 1. The van der Waals surface area contributed by atoms with Crippen molar-refractivity contribution >= 4 is 22.7 Å². The highest BCUT2D eigenvalue weighted by atomic mass is 19.3. The van der Waals surface area contributed by atoms with E-state index in [9.17, 15) is 8.78 Å². The van der Waals surface area contributed by atoms with Gasteiger partial charge in [-0.25, -0.2) is 8.78 Å². The summed E-state index contributed by atoms with van der Waals surface area (Å²) < 4.78 is 28.3. The van der Waals surface area contributed by atoms with Crippen molar-refractivity contribution < 1.29 is 8.78 Å². The summed E-state index contributed by atoms with van der Waals surface area (Å²) in [6, 6.07) is 17.1. The van der Waals surface area contributed by atoms with Gasteiger partial charge in [0.15, 0.2) is 0 Å². The maximum absolute atomic E-state index is 14.2. The van der Waals surface area contributed by atoms with Crippen LogP contribution in [0.15, 0.2) is 90.1 Å². The molecule has 3 aromatic rings. The summed E-state index contributed by atoms with van der Waals surface area (Å²) in [5, 5.41) is 6.28. The third kappa shape index (κ3) is 16.0. The van der Waals surface area contributed by atoms with Crippen molar-refractivity contribution in [3.63, 3.8) is 0 Å². The van der Waals surface area contributed by atoms with Crippen LogP contribution in [0.5, 0.6) is 0 Å². The summed E-state index contributed by atoms with van der Waals surface area (Å²) in [6.45, 7) is 23.8. The number of allylic oxidation sites excluding steroid dienone is 4. The fraction of sp³-hybridized carbons (Fsp3) is 0.426. The van der Waals surface area contributed by atoms with Gasteiger partial charge in [-0.15, -0.1) is 6.42 Å². The van der Waals surface area contributed by atoms with Crippen LogP contribution in [-0.2, 0) is 5.92 Å². The van der Waals surface area contributed by atoms with Crippen molar-refractivity contribution in [2.45, 2.75) is 114 Å². The quantitative estimate of drug-likeness (QED) is 0.125. The zero-order valence-electron chi connectivity index (χ0n) is 33.9. The van der Waals surface area contributed by atoms with Gasteiger partial charge in [0.05, 0.1) is 11.4 Å². The van der Waals surface area contributed by atoms with Gasteiger partial charge in [-0.2, -0.15) is 0 Å². The number of aliphatic imine (C=N–C) groups is 1. The number of terminal acetylenes is 1. The normalized spacial score (nSPS) is 13.5. The molecule has 0 aliphatic heterocycles. The second-order valence-electron chi connectivity index (χ2n) is 13.4. The molecule has 3 nitrogen and oxygen atoms in total. The predicted octanol–water partition coefficient (Wildman–Crippen LogP) is 14.0. The summed E-state index contributed by atoms with van der Waals surface area (Å²) in [6.07, 6.45) is 20.1. The first kappa shape index (κ1) is 45.8. The molecule has 0 heterocycles. The molecular formula is C47H65F2N3. The van der Waals surface area contributed by atoms with Crippen molar-refractivity contribution in [2.75, 3.05) is 18.9 Å². The van der Waals surface area contributed by atoms with Gasteiger partial charge in [0.25, 0.3) is 5.92 Å². The Hall–Kier alpha value is -4.27. The Morgan fingerprint density at radius 2 is 1.71 bits per heavy atom. The number of hydrogen-bond acceptors (Lipinski definition) is 3. The lowest BCUT2D eigenvalue weighted by Crippen LogP contribution is -2.15. The number of nitrogens with one attached hydrogen (secondary N) is 2. The zero-order chi connectivity index (χ0) is 39.3. The summed E-state index contributed by atoms with van der Waals surface area (Å²) in [5.41, 5.74) is 9.76. The number of anilines is 1. The van der Waals surface area contributed by atoms with Gasteiger partial charge in [0.2, 0.25) is 0 Å². The van der Waals surface area contributed by atoms with Crippen LogP contribution in [-0.4, -0.2) is 19.3 Å². The van der Waals surface area contributed by atoms with Crippen LogP contribution in [0.1, 0.15) is 122 Å². The van der Waals surface area contributed by atoms with Crippen LogP contribution in [0, 0.1) is 32.1 Å². The number of benzene rings is 3. The molecule has 0 spiro atoms. The minimum Gasteiger partial charge on any atom is -0.355 e. The average molecular weight is 710 g/mol. The third-order valence-corrected chi connectivity index (χ3v) is 8.69. The van der Waals surface area contributed by atoms with E-state index >= 15 is 0 Å². The molecule has 2 N–H and O–H groups in total. The van der Waals surface area contributed by atoms with E-state index in [4.69, 9.17) is 6.42 Å². The van der Waals surface area contributed by atoms with Crippen molar-refractivity contribution in [2.24, 2.45) is 10.9 Å². The van der Waals surface area contributed by atoms with E-state index in [1.807, 2.05) is 91.1 Å². The Morgan fingerprint density at radius 1 is 1.04 bits per heavy atom. The molecule has 282 valence electrons. The standard InChI is InChI=1S/C20H24F2N2.C18H21N.C7H14.C2H6/c1-13-7-6-8-16(9-13)17-11-19(24-15(3)12-23-5)14(2)10-18(17)20(4,21)22;1-6-9-10-15(5)19-18-12-11-17(14(4)7-2)13-16(18)8-3;1-7-5-3-2-4-6-7;1-2/h6-11,23H,12H2,1-5H3;3,7,9-13,19H,5-6H2,1-2,4H3;7H,2-6H2,1H3;1-2H3/b;10-9+,14-7-;;. The second-order valence-corrected chi connectivity index (χ2v) is 13.4. The molecule has 0 radical (unpaired) electrons. The molecule has 5 heteroatoms. The van der Waals surface area contributed by atoms with E-state index in [0.717, 1.165) is 69.9 Å². The molecule has 1 fully saturated rings. The minimum absolute atomic E-state index is 0.0378. The van der Waals surface area contributed by atoms with E-state index in [-0.39, 0.29) is 5.56 Å². The largest absolute Gasteiger partial charge is 0.355 e. The first-order chi connectivity index (χ1) is 24.7. The fourth-order valence-electron chi connectivity index (χ4n) is 5.70. The molecule has 52 heavy (non-hydrogen) atoms. The van der Waals surface area contributed by atoms with Gasteiger partial charge in [-0.05, 0) is 112 Å². The van der Waals surface area contributed by atoms with E-state index in [0.29, 0.717) is 12.1 Å². The number of aryl methyl sites for hydroxylation is 2. The van der Waals surface area contributed by atoms with Crippen LogP contribution in [0.25, 0.3) is 16.7 Å². The average Bonchev–Trinajstić information content (AvgIpc) is 3.12. The zero-order valence-corrected chi connectivity index (χ0v) is 33.9. The first-order valence-electron chi connectivity index (χ1n) is 18.9. The summed E-state index contributed by atoms with van der Waals surface area (Å²) >= 11 is 0. The second kappa shape index (κ2) is 24.1. The third-order valence-electron chi connectivity index (χ3n) is 8.69. The number of alkyl halides is 2. The fourth-order valence-corrected chi connectivity index (χ4v) is 5.70. The molecular weight excluding hydrogens is 645 g/mol. The smallest absolute Gasteiger partial charge is 0.271 e. The van der Waals surface area contributed by atoms with E-state index in [1.165, 1.54) is 37.7 Å². The van der Waals surface area contributed by atoms with Gasteiger partial charge >= 0.3 is 0 Å². The number of rotatable bonds is 10. The summed E-state index contributed by atoms with van der Waals surface area (Å²) in [5.74, 6) is 0.847. The van der Waals surface area contributed by atoms with Crippen LogP contribution in [0.2, 0.25) is 0 Å². The molecule has 0 aromatic heterocycles. The topological polar surface area (TPSA) is 36.4 Å². The van der Waals surface area contributed by atoms with Crippen molar-refractivity contribution in [1.29, 1.82) is 0 Å². The van der Waals surface area contributed by atoms with Gasteiger partial charge in [0.1, 0.15) is 0 Å². The van der Waals surface area contributed by atoms with E-state index in [2.05, 4.69) is 67.1 Å². The molecule has 1 saturated carbocycles. The Kier molecular flexibility index (Phi) is 21.2. The molecule has 0 bridgehead atoms. The highest BCUT2D eigenvalue weighted by molar-refractivity contribution is 5.87. The van der Waals surface area contributed by atoms with Crippen LogP contribution in [0.3, 0.4) is 0 Å². The Balaban J connectivity index is 0.000000427. The van der Waals surface area contributed by atoms with Gasteiger partial charge < -0.3 is 10.6 Å². The molecule has 1 aliphatic rings. The Morgan fingerprint density at radius 3 is 2.23 bits per heavy atom. The lowest BCUT2D eigenvalue weighted by Gasteiger charge is -2.19. The summed E-state index contributed by atoms with van der Waals surface area (Å²) in [4.78, 5) is 4.59. The highest BCUT2D eigenvalue weighted by Gasteiger charge is 2.29. The van der Waals surface area contributed by atoms with E-state index in [1.54, 1.807) is 12.1 Å².